The minimum absolute atomic E-state index is 0.179. The lowest BCUT2D eigenvalue weighted by Gasteiger charge is -2.19. The van der Waals surface area contributed by atoms with E-state index in [4.69, 9.17) is 9.47 Å². The van der Waals surface area contributed by atoms with Gasteiger partial charge >= 0.3 is 0 Å². The molecule has 1 amide bonds. The highest BCUT2D eigenvalue weighted by Gasteiger charge is 2.21. The van der Waals surface area contributed by atoms with Crippen LogP contribution in [0.25, 0.3) is 10.8 Å². The van der Waals surface area contributed by atoms with Gasteiger partial charge in [0.15, 0.2) is 11.5 Å². The van der Waals surface area contributed by atoms with Crippen LogP contribution in [0.3, 0.4) is 0 Å². The number of nitrogens with one attached hydrogen (secondary N) is 2. The van der Waals surface area contributed by atoms with E-state index in [-0.39, 0.29) is 27.9 Å². The standard InChI is InChI=1S/C24H20N2O5S2/c27-24(25-15-16-7-8-21-22(12-16)31-10-9-30-21)19-13-17-4-1-2-5-18(17)14-20(19)26-33(28,29)23-6-3-11-32-23/h1-8,11-14,26H,9-10,15H2,(H,25,27). The Hall–Kier alpha value is -3.56. The van der Waals surface area contributed by atoms with Crippen molar-refractivity contribution in [1.29, 1.82) is 0 Å². The molecule has 9 heteroatoms. The maximum Gasteiger partial charge on any atom is 0.271 e. The fourth-order valence-electron chi connectivity index (χ4n) is 3.60. The van der Waals surface area contributed by atoms with E-state index in [1.807, 2.05) is 42.5 Å². The Kier molecular flexibility index (Phi) is 5.65. The van der Waals surface area contributed by atoms with Crippen molar-refractivity contribution in [2.24, 2.45) is 0 Å². The highest BCUT2D eigenvalue weighted by molar-refractivity contribution is 7.94. The quantitative estimate of drug-likeness (QED) is 0.427. The fraction of sp³-hybridized carbons (Fsp3) is 0.125. The molecule has 0 fully saturated rings. The van der Waals surface area contributed by atoms with Crippen molar-refractivity contribution in [2.45, 2.75) is 10.8 Å². The number of benzene rings is 3. The van der Waals surface area contributed by atoms with Crippen molar-refractivity contribution in [3.63, 3.8) is 0 Å². The summed E-state index contributed by atoms with van der Waals surface area (Å²) in [5, 5.41) is 6.23. The van der Waals surface area contributed by atoms with Crippen molar-refractivity contribution < 1.29 is 22.7 Å². The minimum Gasteiger partial charge on any atom is -0.486 e. The molecule has 0 atom stereocenters. The summed E-state index contributed by atoms with van der Waals surface area (Å²) in [6.07, 6.45) is 0. The number of thiophene rings is 1. The fourth-order valence-corrected chi connectivity index (χ4v) is 5.66. The monoisotopic (exact) mass is 480 g/mol. The van der Waals surface area contributed by atoms with E-state index in [9.17, 15) is 13.2 Å². The van der Waals surface area contributed by atoms with Crippen molar-refractivity contribution in [3.05, 3.63) is 83.2 Å². The molecule has 1 aromatic heterocycles. The van der Waals surface area contributed by atoms with Gasteiger partial charge in [-0.2, -0.15) is 0 Å². The maximum atomic E-state index is 13.1. The molecule has 5 rings (SSSR count). The van der Waals surface area contributed by atoms with Crippen LogP contribution in [-0.2, 0) is 16.6 Å². The van der Waals surface area contributed by atoms with E-state index in [1.54, 1.807) is 23.6 Å². The van der Waals surface area contributed by atoms with Gasteiger partial charge in [-0.15, -0.1) is 11.3 Å². The van der Waals surface area contributed by atoms with Gasteiger partial charge in [-0.25, -0.2) is 8.42 Å². The van der Waals surface area contributed by atoms with Crippen LogP contribution < -0.4 is 19.5 Å². The molecule has 0 unspecified atom stereocenters. The first-order valence-corrected chi connectivity index (χ1v) is 12.6. The zero-order valence-corrected chi connectivity index (χ0v) is 19.0. The lowest BCUT2D eigenvalue weighted by Crippen LogP contribution is -2.25. The summed E-state index contributed by atoms with van der Waals surface area (Å²) >= 11 is 1.11. The van der Waals surface area contributed by atoms with Crippen molar-refractivity contribution in [2.75, 3.05) is 17.9 Å². The third-order valence-corrected chi connectivity index (χ3v) is 7.96. The number of amides is 1. The van der Waals surface area contributed by atoms with Gasteiger partial charge in [-0.3, -0.25) is 9.52 Å². The van der Waals surface area contributed by atoms with Crippen molar-refractivity contribution in [1.82, 2.24) is 5.32 Å². The number of carbonyl (C=O) groups is 1. The summed E-state index contributed by atoms with van der Waals surface area (Å²) in [6.45, 7) is 1.24. The Morgan fingerprint density at radius 1 is 0.909 bits per heavy atom. The van der Waals surface area contributed by atoms with Crippen LogP contribution in [0.15, 0.2) is 76.3 Å². The van der Waals surface area contributed by atoms with Gasteiger partial charge in [0.05, 0.1) is 11.3 Å². The average molecular weight is 481 g/mol. The van der Waals surface area contributed by atoms with Crippen LogP contribution in [-0.4, -0.2) is 27.5 Å². The molecule has 2 heterocycles. The SMILES string of the molecule is O=C(NCc1ccc2c(c1)OCCO2)c1cc2ccccc2cc1NS(=O)(=O)c1cccs1. The summed E-state index contributed by atoms with van der Waals surface area (Å²) in [4.78, 5) is 13.1. The zero-order chi connectivity index (χ0) is 22.8. The van der Waals surface area contributed by atoms with Gasteiger partial charge in [-0.1, -0.05) is 36.4 Å². The van der Waals surface area contributed by atoms with Gasteiger partial charge in [0, 0.05) is 6.54 Å². The molecule has 2 N–H and O–H groups in total. The molecule has 1 aliphatic heterocycles. The second-order valence-corrected chi connectivity index (χ2v) is 10.3. The van der Waals surface area contributed by atoms with Crippen LogP contribution in [0.4, 0.5) is 5.69 Å². The summed E-state index contributed by atoms with van der Waals surface area (Å²) in [7, 11) is -3.81. The molecule has 0 radical (unpaired) electrons. The lowest BCUT2D eigenvalue weighted by molar-refractivity contribution is 0.0952. The zero-order valence-electron chi connectivity index (χ0n) is 17.4. The molecule has 168 valence electrons. The third kappa shape index (κ3) is 4.50. The highest BCUT2D eigenvalue weighted by atomic mass is 32.2. The lowest BCUT2D eigenvalue weighted by atomic mass is 10.0. The van der Waals surface area contributed by atoms with Crippen LogP contribution in [0.5, 0.6) is 11.5 Å². The summed E-state index contributed by atoms with van der Waals surface area (Å²) in [5.74, 6) is 0.929. The highest BCUT2D eigenvalue weighted by Crippen LogP contribution is 2.31. The molecule has 0 saturated heterocycles. The number of hydrogen-bond acceptors (Lipinski definition) is 6. The second-order valence-electron chi connectivity index (χ2n) is 7.44. The number of fused-ring (bicyclic) bond motifs is 2. The molecule has 0 saturated carbocycles. The molecular weight excluding hydrogens is 460 g/mol. The molecule has 0 aliphatic carbocycles. The van der Waals surface area contributed by atoms with Crippen LogP contribution in [0, 0.1) is 0 Å². The largest absolute Gasteiger partial charge is 0.486 e. The Morgan fingerprint density at radius 2 is 1.67 bits per heavy atom. The average Bonchev–Trinajstić information content (AvgIpc) is 3.38. The molecular formula is C24H20N2O5S2. The van der Waals surface area contributed by atoms with Gasteiger partial charge in [0.2, 0.25) is 0 Å². The minimum atomic E-state index is -3.81. The Labute approximate surface area is 195 Å². The van der Waals surface area contributed by atoms with Gasteiger partial charge in [0.25, 0.3) is 15.9 Å². The van der Waals surface area contributed by atoms with Gasteiger partial charge < -0.3 is 14.8 Å². The van der Waals surface area contributed by atoms with Gasteiger partial charge in [-0.05, 0) is 52.0 Å². The second kappa shape index (κ2) is 8.76. The first kappa shape index (κ1) is 21.3. The molecule has 3 aromatic carbocycles. The van der Waals surface area contributed by atoms with Crippen LogP contribution >= 0.6 is 11.3 Å². The summed E-state index contributed by atoms with van der Waals surface area (Å²) in [5.41, 5.74) is 1.31. The smallest absolute Gasteiger partial charge is 0.271 e. The van der Waals surface area contributed by atoms with Crippen molar-refractivity contribution >= 4 is 43.7 Å². The third-order valence-electron chi connectivity index (χ3n) is 5.19. The molecule has 0 bridgehead atoms. The normalized spacial score (nSPS) is 13.0. The van der Waals surface area contributed by atoms with Gasteiger partial charge in [0.1, 0.15) is 17.4 Å². The van der Waals surface area contributed by atoms with Crippen LogP contribution in [0.1, 0.15) is 15.9 Å². The molecule has 33 heavy (non-hydrogen) atoms. The van der Waals surface area contributed by atoms with E-state index in [0.29, 0.717) is 24.7 Å². The molecule has 7 nitrogen and oxygen atoms in total. The van der Waals surface area contributed by atoms with E-state index < -0.39 is 10.0 Å². The van der Waals surface area contributed by atoms with Crippen molar-refractivity contribution in [3.8, 4) is 11.5 Å². The van der Waals surface area contributed by atoms with Crippen LogP contribution in [0.2, 0.25) is 0 Å². The topological polar surface area (TPSA) is 93.7 Å². The Balaban J connectivity index is 1.43. The maximum absolute atomic E-state index is 13.1. The predicted molar refractivity (Wildman–Crippen MR) is 128 cm³/mol. The van der Waals surface area contributed by atoms with E-state index in [0.717, 1.165) is 27.7 Å². The number of carbonyl (C=O) groups excluding carboxylic acids is 1. The Bertz CT molecular complexity index is 1430. The number of sulfonamides is 1. The molecule has 0 spiro atoms. The number of anilines is 1. The predicted octanol–water partition coefficient (Wildman–Crippen LogP) is 4.40. The summed E-state index contributed by atoms with van der Waals surface area (Å²) in [6, 6.07) is 19.5. The van der Waals surface area contributed by atoms with E-state index in [2.05, 4.69) is 10.0 Å². The molecule has 4 aromatic rings. The number of hydrogen-bond donors (Lipinski definition) is 2. The van der Waals surface area contributed by atoms with E-state index in [1.165, 1.54) is 6.07 Å². The first-order chi connectivity index (χ1) is 16.0. The first-order valence-electron chi connectivity index (χ1n) is 10.3. The number of rotatable bonds is 6. The Morgan fingerprint density at radius 3 is 2.42 bits per heavy atom. The summed E-state index contributed by atoms with van der Waals surface area (Å²) < 4.78 is 39.6. The number of ether oxygens (including phenoxy) is 2. The molecule has 1 aliphatic rings. The van der Waals surface area contributed by atoms with E-state index >= 15 is 0 Å².